The van der Waals surface area contributed by atoms with Crippen LogP contribution in [0.2, 0.25) is 0 Å². The molecule has 0 aliphatic carbocycles. The van der Waals surface area contributed by atoms with Crippen LogP contribution in [0.25, 0.3) is 0 Å². The number of hydrogen-bond donors (Lipinski definition) is 3. The van der Waals surface area contributed by atoms with Crippen LogP contribution in [0.15, 0.2) is 42.5 Å². The second-order valence-electron chi connectivity index (χ2n) is 8.50. The summed E-state index contributed by atoms with van der Waals surface area (Å²) in [7, 11) is 1.54. The first kappa shape index (κ1) is 21.6. The van der Waals surface area contributed by atoms with Gasteiger partial charge in [-0.3, -0.25) is 4.79 Å². The van der Waals surface area contributed by atoms with Gasteiger partial charge in [-0.15, -0.1) is 0 Å². The van der Waals surface area contributed by atoms with Crippen LogP contribution in [0.1, 0.15) is 49.5 Å². The molecule has 1 amide bonds. The number of amides is 1. The van der Waals surface area contributed by atoms with Crippen LogP contribution in [0.5, 0.6) is 11.5 Å². The van der Waals surface area contributed by atoms with Gasteiger partial charge in [-0.05, 0) is 36.6 Å². The van der Waals surface area contributed by atoms with Crippen LogP contribution in [0.4, 0.5) is 5.69 Å². The molecule has 2 unspecified atom stereocenters. The summed E-state index contributed by atoms with van der Waals surface area (Å²) in [5, 5.41) is 24.1. The van der Waals surface area contributed by atoms with Gasteiger partial charge in [-0.2, -0.15) is 0 Å². The summed E-state index contributed by atoms with van der Waals surface area (Å²) >= 11 is 0. The van der Waals surface area contributed by atoms with Gasteiger partial charge < -0.3 is 29.9 Å². The van der Waals surface area contributed by atoms with Crippen LogP contribution in [-0.2, 0) is 4.79 Å². The fourth-order valence-electron chi connectivity index (χ4n) is 4.61. The van der Waals surface area contributed by atoms with Gasteiger partial charge in [0.1, 0.15) is 17.1 Å². The quantitative estimate of drug-likeness (QED) is 0.681. The highest BCUT2D eigenvalue weighted by atomic mass is 16.5. The lowest BCUT2D eigenvalue weighted by atomic mass is 9.81. The lowest BCUT2D eigenvalue weighted by molar-refractivity contribution is -0.114. The lowest BCUT2D eigenvalue weighted by Crippen LogP contribution is -2.51. The Balaban J connectivity index is 1.39. The van der Waals surface area contributed by atoms with Gasteiger partial charge in [0.15, 0.2) is 0 Å². The molecule has 4 rings (SSSR count). The van der Waals surface area contributed by atoms with Crippen LogP contribution in [0, 0.1) is 0 Å². The summed E-state index contributed by atoms with van der Waals surface area (Å²) in [6.07, 6.45) is 0.994. The van der Waals surface area contributed by atoms with E-state index in [0.29, 0.717) is 24.4 Å². The van der Waals surface area contributed by atoms with Crippen molar-refractivity contribution in [1.82, 2.24) is 4.90 Å². The molecule has 31 heavy (non-hydrogen) atoms. The predicted molar refractivity (Wildman–Crippen MR) is 117 cm³/mol. The fourth-order valence-corrected chi connectivity index (χ4v) is 4.61. The average Bonchev–Trinajstić information content (AvgIpc) is 2.75. The number of anilines is 1. The molecule has 3 N–H and O–H groups in total. The first-order valence-corrected chi connectivity index (χ1v) is 10.7. The molecule has 2 aliphatic rings. The Morgan fingerprint density at radius 1 is 1.29 bits per heavy atom. The molecular weight excluding hydrogens is 396 g/mol. The van der Waals surface area contributed by atoms with E-state index >= 15 is 0 Å². The highest BCUT2D eigenvalue weighted by molar-refractivity contribution is 5.90. The summed E-state index contributed by atoms with van der Waals surface area (Å²) in [6, 6.07) is 13.0. The molecule has 1 fully saturated rings. The topological polar surface area (TPSA) is 91.3 Å². The molecule has 0 saturated carbocycles. The van der Waals surface area contributed by atoms with Crippen molar-refractivity contribution < 1.29 is 24.5 Å². The van der Waals surface area contributed by atoms with E-state index in [4.69, 9.17) is 9.47 Å². The number of hydrogen-bond acceptors (Lipinski definition) is 6. The number of nitrogens with one attached hydrogen (secondary N) is 1. The van der Waals surface area contributed by atoms with E-state index in [2.05, 4.69) is 10.2 Å². The number of benzene rings is 2. The average molecular weight is 427 g/mol. The molecule has 2 heterocycles. The molecular formula is C24H30N2O5. The number of fused-ring (bicyclic) bond motifs is 1. The van der Waals surface area contributed by atoms with Crippen molar-refractivity contribution in [3.8, 4) is 11.5 Å². The fraction of sp³-hybridized carbons (Fsp3) is 0.458. The lowest BCUT2D eigenvalue weighted by Gasteiger charge is -2.46. The van der Waals surface area contributed by atoms with Crippen molar-refractivity contribution in [2.45, 2.75) is 44.0 Å². The molecule has 2 aliphatic heterocycles. The van der Waals surface area contributed by atoms with E-state index in [1.54, 1.807) is 19.2 Å². The van der Waals surface area contributed by atoms with Gasteiger partial charge in [0.2, 0.25) is 5.91 Å². The molecule has 1 spiro atoms. The van der Waals surface area contributed by atoms with Gasteiger partial charge in [-0.25, -0.2) is 0 Å². The number of aliphatic hydroxyl groups is 2. The summed E-state index contributed by atoms with van der Waals surface area (Å²) < 4.78 is 11.6. The third-order valence-electron chi connectivity index (χ3n) is 6.29. The molecule has 2 aromatic rings. The third-order valence-corrected chi connectivity index (χ3v) is 6.29. The number of likely N-dealkylation sites (tertiary alicyclic amines) is 1. The Hall–Kier alpha value is -2.61. The Morgan fingerprint density at radius 2 is 2.03 bits per heavy atom. The number of β-amino-alcohol motifs (C(OH)–C–C–N with tert-alkyl or cyclic N) is 1. The largest absolute Gasteiger partial charge is 0.495 e. The van der Waals surface area contributed by atoms with Gasteiger partial charge in [0, 0.05) is 38.5 Å². The number of rotatable bonds is 5. The summed E-state index contributed by atoms with van der Waals surface area (Å²) in [5.41, 5.74) is 1.78. The molecule has 166 valence electrons. The predicted octanol–water partition coefficient (Wildman–Crippen LogP) is 3.04. The van der Waals surface area contributed by atoms with Crippen molar-refractivity contribution in [2.75, 3.05) is 32.1 Å². The van der Waals surface area contributed by atoms with Crippen molar-refractivity contribution in [3.63, 3.8) is 0 Å². The van der Waals surface area contributed by atoms with E-state index < -0.39 is 12.2 Å². The highest BCUT2D eigenvalue weighted by Gasteiger charge is 2.42. The van der Waals surface area contributed by atoms with E-state index in [9.17, 15) is 15.0 Å². The SMILES string of the molecule is COc1ccc(C(O)CN2CCC3(CC2)CC(O)c2ccccc2O3)cc1NC(C)=O. The third kappa shape index (κ3) is 4.69. The van der Waals surface area contributed by atoms with E-state index in [-0.39, 0.29) is 11.5 Å². The standard InChI is InChI=1S/C24H30N2O5/c1-16(27)25-19-13-17(7-8-23(19)30-2)21(29)15-26-11-9-24(10-12-26)14-20(28)18-5-3-4-6-22(18)31-24/h3-8,13,20-21,28-29H,9-12,14-15H2,1-2H3,(H,25,27). The van der Waals surface area contributed by atoms with Crippen molar-refractivity contribution in [2.24, 2.45) is 0 Å². The molecule has 2 aromatic carbocycles. The van der Waals surface area contributed by atoms with Gasteiger partial charge >= 0.3 is 0 Å². The van der Waals surface area contributed by atoms with E-state index in [0.717, 1.165) is 42.8 Å². The summed E-state index contributed by atoms with van der Waals surface area (Å²) in [4.78, 5) is 13.7. The van der Waals surface area contributed by atoms with Crippen LogP contribution < -0.4 is 14.8 Å². The zero-order valence-electron chi connectivity index (χ0n) is 18.0. The Bertz CT molecular complexity index is 939. The first-order valence-electron chi connectivity index (χ1n) is 10.7. The Morgan fingerprint density at radius 3 is 2.74 bits per heavy atom. The Kier molecular flexibility index (Phi) is 6.18. The molecule has 7 nitrogen and oxygen atoms in total. The van der Waals surface area contributed by atoms with Gasteiger partial charge in [0.25, 0.3) is 0 Å². The smallest absolute Gasteiger partial charge is 0.221 e. The first-order chi connectivity index (χ1) is 14.9. The van der Waals surface area contributed by atoms with Gasteiger partial charge in [0.05, 0.1) is 25.0 Å². The minimum Gasteiger partial charge on any atom is -0.495 e. The Labute approximate surface area is 182 Å². The molecule has 2 atom stereocenters. The minimum atomic E-state index is -0.689. The second kappa shape index (κ2) is 8.86. The number of aliphatic hydroxyl groups excluding tert-OH is 2. The number of para-hydroxylation sites is 1. The summed E-state index contributed by atoms with van der Waals surface area (Å²) in [6.45, 7) is 3.48. The number of carbonyl (C=O) groups excluding carboxylic acids is 1. The number of nitrogens with zero attached hydrogens (tertiary/aromatic N) is 1. The highest BCUT2D eigenvalue weighted by Crippen LogP contribution is 2.44. The maximum atomic E-state index is 11.5. The summed E-state index contributed by atoms with van der Waals surface area (Å²) in [5.74, 6) is 1.14. The van der Waals surface area contributed by atoms with Crippen molar-refractivity contribution >= 4 is 11.6 Å². The molecule has 7 heteroatoms. The molecule has 0 radical (unpaired) electrons. The number of carbonyl (C=O) groups is 1. The number of methoxy groups -OCH3 is 1. The molecule has 0 aromatic heterocycles. The van der Waals surface area contributed by atoms with Crippen LogP contribution in [0.3, 0.4) is 0 Å². The maximum Gasteiger partial charge on any atom is 0.221 e. The number of piperidine rings is 1. The second-order valence-corrected chi connectivity index (χ2v) is 8.50. The van der Waals surface area contributed by atoms with Crippen LogP contribution in [-0.4, -0.2) is 53.4 Å². The molecule has 1 saturated heterocycles. The van der Waals surface area contributed by atoms with Gasteiger partial charge in [-0.1, -0.05) is 24.3 Å². The maximum absolute atomic E-state index is 11.5. The normalized spacial score (nSPS) is 21.1. The minimum absolute atomic E-state index is 0.192. The molecule has 0 bridgehead atoms. The van der Waals surface area contributed by atoms with Crippen molar-refractivity contribution in [1.29, 1.82) is 0 Å². The monoisotopic (exact) mass is 426 g/mol. The van der Waals surface area contributed by atoms with E-state index in [1.807, 2.05) is 30.3 Å². The van der Waals surface area contributed by atoms with Crippen LogP contribution >= 0.6 is 0 Å². The van der Waals surface area contributed by atoms with E-state index in [1.165, 1.54) is 6.92 Å². The zero-order valence-corrected chi connectivity index (χ0v) is 18.0. The zero-order chi connectivity index (χ0) is 22.0. The van der Waals surface area contributed by atoms with Crippen molar-refractivity contribution in [3.05, 3.63) is 53.6 Å². The number of ether oxygens (including phenoxy) is 2.